The van der Waals surface area contributed by atoms with E-state index in [4.69, 9.17) is 14.2 Å². The molecule has 8 nitrogen and oxygen atoms in total. The molecule has 0 fully saturated rings. The van der Waals surface area contributed by atoms with Gasteiger partial charge in [0.05, 0.1) is 32.4 Å². The Kier molecular flexibility index (Phi) is 9.81. The number of carbonyl (C=O) groups excluding carboxylic acids is 2. The van der Waals surface area contributed by atoms with Gasteiger partial charge >= 0.3 is 6.09 Å². The Morgan fingerprint density at radius 1 is 1.03 bits per heavy atom. The van der Waals surface area contributed by atoms with Crippen LogP contribution in [0.3, 0.4) is 0 Å². The van der Waals surface area contributed by atoms with Gasteiger partial charge in [-0.2, -0.15) is 5.10 Å². The Bertz CT molecular complexity index is 1190. The van der Waals surface area contributed by atoms with E-state index in [-0.39, 0.29) is 31.4 Å². The lowest BCUT2D eigenvalue weighted by Crippen LogP contribution is -2.33. The number of amides is 2. The summed E-state index contributed by atoms with van der Waals surface area (Å²) in [6, 6.07) is 19.9. The first-order valence-electron chi connectivity index (χ1n) is 11.3. The quantitative estimate of drug-likeness (QED) is 0.297. The summed E-state index contributed by atoms with van der Waals surface area (Å²) in [5, 5.41) is 6.70. The molecule has 3 rings (SSSR count). The number of ether oxygens (including phenoxy) is 3. The maximum atomic E-state index is 13.4. The van der Waals surface area contributed by atoms with Crippen molar-refractivity contribution in [3.05, 3.63) is 95.3 Å². The van der Waals surface area contributed by atoms with Crippen LogP contribution in [0.25, 0.3) is 0 Å². The molecule has 1 atom stereocenters. The molecule has 0 spiro atoms. The van der Waals surface area contributed by atoms with Crippen LogP contribution in [0.5, 0.6) is 11.5 Å². The Hall–Kier alpha value is -4.40. The zero-order valence-corrected chi connectivity index (χ0v) is 20.1. The van der Waals surface area contributed by atoms with E-state index in [0.29, 0.717) is 22.6 Å². The number of rotatable bonds is 11. The number of alkyl carbamates (subject to hydrolysis) is 1. The maximum Gasteiger partial charge on any atom is 0.407 e. The summed E-state index contributed by atoms with van der Waals surface area (Å²) in [5.74, 6) is 0.227. The smallest absolute Gasteiger partial charge is 0.407 e. The van der Waals surface area contributed by atoms with Crippen LogP contribution in [-0.2, 0) is 16.1 Å². The van der Waals surface area contributed by atoms with Crippen molar-refractivity contribution >= 4 is 18.2 Å². The molecular weight excluding hydrogens is 465 g/mol. The molecule has 0 aromatic heterocycles. The van der Waals surface area contributed by atoms with E-state index in [1.54, 1.807) is 37.3 Å². The fourth-order valence-electron chi connectivity index (χ4n) is 3.33. The van der Waals surface area contributed by atoms with E-state index in [1.165, 1.54) is 25.5 Å². The third-order valence-electron chi connectivity index (χ3n) is 5.03. The lowest BCUT2D eigenvalue weighted by atomic mass is 10.0. The Morgan fingerprint density at radius 2 is 1.83 bits per heavy atom. The molecule has 0 aliphatic heterocycles. The molecule has 3 aromatic rings. The van der Waals surface area contributed by atoms with Crippen molar-refractivity contribution in [1.29, 1.82) is 0 Å². The van der Waals surface area contributed by atoms with Crippen LogP contribution in [0.1, 0.15) is 36.1 Å². The van der Waals surface area contributed by atoms with E-state index in [0.717, 1.165) is 5.56 Å². The molecule has 0 aliphatic rings. The lowest BCUT2D eigenvalue weighted by molar-refractivity contribution is -0.121. The van der Waals surface area contributed by atoms with E-state index >= 15 is 0 Å². The number of methoxy groups -OCH3 is 1. The monoisotopic (exact) mass is 493 g/mol. The summed E-state index contributed by atoms with van der Waals surface area (Å²) in [4.78, 5) is 24.4. The number of carbonyl (C=O) groups is 2. The highest BCUT2D eigenvalue weighted by Crippen LogP contribution is 2.28. The lowest BCUT2D eigenvalue weighted by Gasteiger charge is -2.18. The van der Waals surface area contributed by atoms with Gasteiger partial charge in [0.25, 0.3) is 0 Å². The number of hydrazone groups is 1. The van der Waals surface area contributed by atoms with Gasteiger partial charge in [0, 0.05) is 0 Å². The van der Waals surface area contributed by atoms with Crippen LogP contribution < -0.4 is 20.2 Å². The highest BCUT2D eigenvalue weighted by atomic mass is 19.1. The maximum absolute atomic E-state index is 13.4. The first-order valence-corrected chi connectivity index (χ1v) is 11.3. The number of hydrogen-bond donors (Lipinski definition) is 2. The van der Waals surface area contributed by atoms with Crippen LogP contribution in [0.15, 0.2) is 77.9 Å². The standard InChI is InChI=1S/C27H28FN3O5/c1-3-35-27(33)30-23(21-9-5-4-6-10-21)16-26(32)31-29-17-19-12-13-24(25(15-19)34-2)36-18-20-8-7-11-22(28)14-20/h4-15,17,23H,3,16,18H2,1-2H3,(H,30,33)(H,31,32)/b29-17-/t23-/m0/s1. The Morgan fingerprint density at radius 3 is 2.56 bits per heavy atom. The van der Waals surface area contributed by atoms with Gasteiger partial charge in [-0.25, -0.2) is 14.6 Å². The van der Waals surface area contributed by atoms with Gasteiger partial charge in [-0.05, 0) is 53.9 Å². The van der Waals surface area contributed by atoms with Crippen LogP contribution in [0.4, 0.5) is 9.18 Å². The minimum Gasteiger partial charge on any atom is -0.493 e. The average molecular weight is 494 g/mol. The summed E-state index contributed by atoms with van der Waals surface area (Å²) in [7, 11) is 1.51. The minimum absolute atomic E-state index is 0.0314. The van der Waals surface area contributed by atoms with Crippen LogP contribution in [0, 0.1) is 5.82 Å². The van der Waals surface area contributed by atoms with Gasteiger partial charge in [0.2, 0.25) is 5.91 Å². The summed E-state index contributed by atoms with van der Waals surface area (Å²) in [5.41, 5.74) is 4.59. The Labute approximate surface area is 209 Å². The largest absolute Gasteiger partial charge is 0.493 e. The number of nitrogens with zero attached hydrogens (tertiary/aromatic N) is 1. The second-order valence-corrected chi connectivity index (χ2v) is 7.65. The molecule has 36 heavy (non-hydrogen) atoms. The molecule has 0 saturated carbocycles. The molecule has 0 unspecified atom stereocenters. The number of halogens is 1. The molecule has 0 radical (unpaired) electrons. The SMILES string of the molecule is CCOC(=O)N[C@@H](CC(=O)N/N=C\c1ccc(OCc2cccc(F)c2)c(OC)c1)c1ccccc1. The van der Waals surface area contributed by atoms with Gasteiger partial charge in [0.15, 0.2) is 11.5 Å². The predicted molar refractivity (Wildman–Crippen MR) is 133 cm³/mol. The second-order valence-electron chi connectivity index (χ2n) is 7.65. The molecule has 0 aliphatic carbocycles. The van der Waals surface area contributed by atoms with Crippen molar-refractivity contribution < 1.29 is 28.2 Å². The highest BCUT2D eigenvalue weighted by Gasteiger charge is 2.18. The molecule has 2 N–H and O–H groups in total. The molecular formula is C27H28FN3O5. The number of hydrogen-bond acceptors (Lipinski definition) is 6. The first-order chi connectivity index (χ1) is 17.5. The van der Waals surface area contributed by atoms with Crippen LogP contribution in [0.2, 0.25) is 0 Å². The molecule has 2 amide bonds. The van der Waals surface area contributed by atoms with Gasteiger partial charge in [0.1, 0.15) is 12.4 Å². The number of nitrogens with one attached hydrogen (secondary N) is 2. The van der Waals surface area contributed by atoms with Gasteiger partial charge in [-0.1, -0.05) is 42.5 Å². The van der Waals surface area contributed by atoms with Crippen molar-refractivity contribution in [2.24, 2.45) is 5.10 Å². The average Bonchev–Trinajstić information content (AvgIpc) is 2.88. The molecule has 0 bridgehead atoms. The van der Waals surface area contributed by atoms with Crippen LogP contribution >= 0.6 is 0 Å². The minimum atomic E-state index is -0.602. The normalized spacial score (nSPS) is 11.5. The van der Waals surface area contributed by atoms with Gasteiger partial charge in [-0.3, -0.25) is 4.79 Å². The highest BCUT2D eigenvalue weighted by molar-refractivity contribution is 5.83. The molecule has 3 aromatic carbocycles. The fourth-order valence-corrected chi connectivity index (χ4v) is 3.33. The van der Waals surface area contributed by atoms with E-state index in [9.17, 15) is 14.0 Å². The topological polar surface area (TPSA) is 98.2 Å². The first kappa shape index (κ1) is 26.2. The molecule has 188 valence electrons. The summed E-state index contributed by atoms with van der Waals surface area (Å²) < 4.78 is 29.4. The zero-order chi connectivity index (χ0) is 25.8. The molecule has 0 heterocycles. The Balaban J connectivity index is 1.59. The van der Waals surface area contributed by atoms with Gasteiger partial charge < -0.3 is 19.5 Å². The van der Waals surface area contributed by atoms with E-state index in [1.807, 2.05) is 30.3 Å². The van der Waals surface area contributed by atoms with E-state index < -0.39 is 12.1 Å². The van der Waals surface area contributed by atoms with E-state index in [2.05, 4.69) is 15.8 Å². The molecule has 9 heteroatoms. The molecule has 0 saturated heterocycles. The zero-order valence-electron chi connectivity index (χ0n) is 20.1. The predicted octanol–water partition coefficient (Wildman–Crippen LogP) is 4.74. The van der Waals surface area contributed by atoms with Crippen molar-refractivity contribution in [2.75, 3.05) is 13.7 Å². The van der Waals surface area contributed by atoms with Crippen molar-refractivity contribution in [3.8, 4) is 11.5 Å². The van der Waals surface area contributed by atoms with Gasteiger partial charge in [-0.15, -0.1) is 0 Å². The van der Waals surface area contributed by atoms with Crippen molar-refractivity contribution in [3.63, 3.8) is 0 Å². The van der Waals surface area contributed by atoms with Crippen LogP contribution in [-0.4, -0.2) is 31.9 Å². The van der Waals surface area contributed by atoms with Crippen molar-refractivity contribution in [1.82, 2.24) is 10.7 Å². The second kappa shape index (κ2) is 13.5. The fraction of sp³-hybridized carbons (Fsp3) is 0.222. The summed E-state index contributed by atoms with van der Waals surface area (Å²) in [6.07, 6.45) is 0.832. The summed E-state index contributed by atoms with van der Waals surface area (Å²) in [6.45, 7) is 2.11. The summed E-state index contributed by atoms with van der Waals surface area (Å²) >= 11 is 0. The third kappa shape index (κ3) is 8.12. The third-order valence-corrected chi connectivity index (χ3v) is 5.03. The number of benzene rings is 3. The van der Waals surface area contributed by atoms with Crippen molar-refractivity contribution in [2.45, 2.75) is 26.0 Å².